The van der Waals surface area contributed by atoms with E-state index in [9.17, 15) is 8.42 Å². The van der Waals surface area contributed by atoms with E-state index in [0.717, 1.165) is 34.0 Å². The number of aromatic nitrogens is 2. The summed E-state index contributed by atoms with van der Waals surface area (Å²) in [6, 6.07) is 8.38. The van der Waals surface area contributed by atoms with Gasteiger partial charge in [-0.2, -0.15) is 17.4 Å². The van der Waals surface area contributed by atoms with Crippen LogP contribution in [-0.4, -0.2) is 36.4 Å². The maximum atomic E-state index is 11.8. The third-order valence-electron chi connectivity index (χ3n) is 3.47. The molecule has 1 aromatic heterocycles. The van der Waals surface area contributed by atoms with Crippen LogP contribution in [0.4, 0.5) is 0 Å². The molecule has 0 saturated heterocycles. The highest BCUT2D eigenvalue weighted by Gasteiger charge is 2.28. The van der Waals surface area contributed by atoms with E-state index in [2.05, 4.69) is 14.3 Å². The van der Waals surface area contributed by atoms with Gasteiger partial charge in [0, 0.05) is 20.1 Å². The predicted octanol–water partition coefficient (Wildman–Crippen LogP) is 1.27. The van der Waals surface area contributed by atoms with Crippen molar-refractivity contribution in [3.63, 3.8) is 0 Å². The quantitative estimate of drug-likeness (QED) is 0.903. The van der Waals surface area contributed by atoms with Gasteiger partial charge >= 0.3 is 0 Å². The molecule has 0 aliphatic heterocycles. The van der Waals surface area contributed by atoms with Gasteiger partial charge in [-0.25, -0.2) is 4.98 Å². The Labute approximate surface area is 118 Å². The molecule has 1 aliphatic rings. The smallest absolute Gasteiger partial charge is 0.279 e. The normalized spacial score (nSPS) is 16.1. The SMILES string of the molecule is CN(C)S(=O)(=O)NCc1nc2ccccc2n1C1CC1. The summed E-state index contributed by atoms with van der Waals surface area (Å²) in [4.78, 5) is 4.55. The number of fused-ring (bicyclic) bond motifs is 1. The standard InChI is InChI=1S/C13H18N4O2S/c1-16(2)20(18,19)14-9-13-15-11-5-3-4-6-12(11)17(13)10-7-8-10/h3-6,10,14H,7-9H2,1-2H3. The number of imidazole rings is 1. The van der Waals surface area contributed by atoms with Crippen LogP contribution in [0.2, 0.25) is 0 Å². The van der Waals surface area contributed by atoms with Crippen LogP contribution in [-0.2, 0) is 16.8 Å². The first-order valence-electron chi connectivity index (χ1n) is 6.62. The number of hydrogen-bond acceptors (Lipinski definition) is 3. The predicted molar refractivity (Wildman–Crippen MR) is 77.5 cm³/mol. The molecular formula is C13H18N4O2S. The zero-order valence-electron chi connectivity index (χ0n) is 11.6. The van der Waals surface area contributed by atoms with E-state index in [4.69, 9.17) is 0 Å². The van der Waals surface area contributed by atoms with Crippen molar-refractivity contribution in [3.05, 3.63) is 30.1 Å². The van der Waals surface area contributed by atoms with Crippen molar-refractivity contribution in [2.45, 2.75) is 25.4 Å². The van der Waals surface area contributed by atoms with E-state index in [0.29, 0.717) is 6.04 Å². The monoisotopic (exact) mass is 294 g/mol. The van der Waals surface area contributed by atoms with E-state index in [1.165, 1.54) is 14.1 Å². The Kier molecular flexibility index (Phi) is 3.27. The highest BCUT2D eigenvalue weighted by atomic mass is 32.2. The average molecular weight is 294 g/mol. The first-order valence-corrected chi connectivity index (χ1v) is 8.06. The second-order valence-corrected chi connectivity index (χ2v) is 7.20. The lowest BCUT2D eigenvalue weighted by molar-refractivity contribution is 0.502. The van der Waals surface area contributed by atoms with E-state index < -0.39 is 10.2 Å². The number of rotatable bonds is 5. The minimum Gasteiger partial charge on any atom is -0.324 e. The van der Waals surface area contributed by atoms with Crippen molar-refractivity contribution in [1.82, 2.24) is 18.6 Å². The van der Waals surface area contributed by atoms with Crippen LogP contribution in [0.25, 0.3) is 11.0 Å². The molecular weight excluding hydrogens is 276 g/mol. The molecule has 7 heteroatoms. The summed E-state index contributed by atoms with van der Waals surface area (Å²) >= 11 is 0. The van der Waals surface area contributed by atoms with Gasteiger partial charge in [0.15, 0.2) is 0 Å². The molecule has 0 amide bonds. The summed E-state index contributed by atoms with van der Waals surface area (Å²) in [5, 5.41) is 0. The molecule has 1 heterocycles. The Morgan fingerprint density at radius 1 is 1.35 bits per heavy atom. The van der Waals surface area contributed by atoms with Gasteiger partial charge < -0.3 is 4.57 Å². The molecule has 0 bridgehead atoms. The fourth-order valence-electron chi connectivity index (χ4n) is 2.24. The highest BCUT2D eigenvalue weighted by Crippen LogP contribution is 2.38. The minimum atomic E-state index is -3.43. The van der Waals surface area contributed by atoms with Gasteiger partial charge in [-0.15, -0.1) is 0 Å². The third kappa shape index (κ3) is 2.44. The third-order valence-corrected chi connectivity index (χ3v) is 4.94. The van der Waals surface area contributed by atoms with Gasteiger partial charge in [0.2, 0.25) is 0 Å². The maximum Gasteiger partial charge on any atom is 0.279 e. The molecule has 1 N–H and O–H groups in total. The van der Waals surface area contributed by atoms with Crippen LogP contribution >= 0.6 is 0 Å². The van der Waals surface area contributed by atoms with Crippen LogP contribution < -0.4 is 4.72 Å². The fraction of sp³-hybridized carbons (Fsp3) is 0.462. The summed E-state index contributed by atoms with van der Waals surface area (Å²) in [7, 11) is -0.414. The molecule has 0 unspecified atom stereocenters. The summed E-state index contributed by atoms with van der Waals surface area (Å²) < 4.78 is 29.5. The summed E-state index contributed by atoms with van der Waals surface area (Å²) in [5.74, 6) is 0.777. The molecule has 3 rings (SSSR count). The topological polar surface area (TPSA) is 67.2 Å². The number of para-hydroxylation sites is 2. The molecule has 1 aromatic carbocycles. The van der Waals surface area contributed by atoms with Crippen LogP contribution in [0.15, 0.2) is 24.3 Å². The summed E-state index contributed by atoms with van der Waals surface area (Å²) in [6.45, 7) is 0.214. The van der Waals surface area contributed by atoms with Crippen molar-refractivity contribution >= 4 is 21.2 Å². The van der Waals surface area contributed by atoms with Crippen LogP contribution in [0, 0.1) is 0 Å². The van der Waals surface area contributed by atoms with Gasteiger partial charge in [0.25, 0.3) is 10.2 Å². The molecule has 0 radical (unpaired) electrons. The van der Waals surface area contributed by atoms with Crippen molar-refractivity contribution in [3.8, 4) is 0 Å². The largest absolute Gasteiger partial charge is 0.324 e. The summed E-state index contributed by atoms with van der Waals surface area (Å²) in [6.07, 6.45) is 2.27. The first kappa shape index (κ1) is 13.5. The number of nitrogens with one attached hydrogen (secondary N) is 1. The van der Waals surface area contributed by atoms with Crippen molar-refractivity contribution < 1.29 is 8.42 Å². The summed E-state index contributed by atoms with van der Waals surface area (Å²) in [5.41, 5.74) is 1.99. The molecule has 20 heavy (non-hydrogen) atoms. The Morgan fingerprint density at radius 3 is 2.70 bits per heavy atom. The van der Waals surface area contributed by atoms with Gasteiger partial charge in [0.1, 0.15) is 5.82 Å². The van der Waals surface area contributed by atoms with Crippen molar-refractivity contribution in [2.75, 3.05) is 14.1 Å². The number of hydrogen-bond donors (Lipinski definition) is 1. The molecule has 2 aromatic rings. The maximum absolute atomic E-state index is 11.8. The molecule has 6 nitrogen and oxygen atoms in total. The van der Waals surface area contributed by atoms with E-state index in [1.54, 1.807) is 0 Å². The average Bonchev–Trinajstić information content (AvgIpc) is 3.17. The minimum absolute atomic E-state index is 0.214. The van der Waals surface area contributed by atoms with Gasteiger partial charge in [-0.1, -0.05) is 12.1 Å². The number of nitrogens with zero attached hydrogens (tertiary/aromatic N) is 3. The van der Waals surface area contributed by atoms with Crippen LogP contribution in [0.5, 0.6) is 0 Å². The Bertz CT molecular complexity index is 732. The molecule has 0 spiro atoms. The van der Waals surface area contributed by atoms with E-state index >= 15 is 0 Å². The van der Waals surface area contributed by atoms with Gasteiger partial charge in [-0.3, -0.25) is 0 Å². The molecule has 0 atom stereocenters. The lowest BCUT2D eigenvalue weighted by Crippen LogP contribution is -2.35. The lowest BCUT2D eigenvalue weighted by Gasteiger charge is -2.13. The zero-order chi connectivity index (χ0) is 14.3. The van der Waals surface area contributed by atoms with Gasteiger partial charge in [0.05, 0.1) is 17.6 Å². The number of benzene rings is 1. The second kappa shape index (κ2) is 4.83. The Balaban J connectivity index is 1.93. The Morgan fingerprint density at radius 2 is 2.05 bits per heavy atom. The highest BCUT2D eigenvalue weighted by molar-refractivity contribution is 7.87. The second-order valence-electron chi connectivity index (χ2n) is 5.23. The van der Waals surface area contributed by atoms with Crippen LogP contribution in [0.3, 0.4) is 0 Å². The van der Waals surface area contributed by atoms with Crippen molar-refractivity contribution in [1.29, 1.82) is 0 Å². The Hall–Kier alpha value is -1.44. The first-order chi connectivity index (χ1) is 9.49. The molecule has 1 fully saturated rings. The molecule has 1 aliphatic carbocycles. The van der Waals surface area contributed by atoms with E-state index in [1.807, 2.05) is 24.3 Å². The lowest BCUT2D eigenvalue weighted by atomic mass is 10.3. The van der Waals surface area contributed by atoms with Crippen molar-refractivity contribution in [2.24, 2.45) is 0 Å². The molecule has 108 valence electrons. The fourth-order valence-corrected chi connectivity index (χ4v) is 2.81. The molecule has 1 saturated carbocycles. The zero-order valence-corrected chi connectivity index (χ0v) is 12.4. The van der Waals surface area contributed by atoms with Gasteiger partial charge in [-0.05, 0) is 25.0 Å². The van der Waals surface area contributed by atoms with E-state index in [-0.39, 0.29) is 6.54 Å². The van der Waals surface area contributed by atoms with Crippen LogP contribution in [0.1, 0.15) is 24.7 Å².